The number of ether oxygens (including phenoxy) is 1. The maximum absolute atomic E-state index is 12.9. The molecule has 5 heterocycles. The number of nitrogens with one attached hydrogen (secondary N) is 3. The molecule has 0 aromatic carbocycles. The first-order valence-electron chi connectivity index (χ1n) is 12.4. The number of rotatable bonds is 5. The number of nitrogens with zero attached hydrogens (tertiary/aromatic N) is 4. The van der Waals surface area contributed by atoms with Gasteiger partial charge < -0.3 is 20.3 Å². The fourth-order valence-electron chi connectivity index (χ4n) is 5.19. The minimum Gasteiger partial charge on any atom is -0.444 e. The predicted octanol–water partition coefficient (Wildman–Crippen LogP) is 4.15. The number of fused-ring (bicyclic) bond motifs is 3. The molecule has 2 aliphatic rings. The van der Waals surface area contributed by atoms with E-state index in [4.69, 9.17) is 9.72 Å². The highest BCUT2D eigenvalue weighted by molar-refractivity contribution is 7.90. The van der Waals surface area contributed by atoms with E-state index in [1.165, 1.54) is 6.20 Å². The van der Waals surface area contributed by atoms with Gasteiger partial charge in [0.15, 0.2) is 15.7 Å². The van der Waals surface area contributed by atoms with Gasteiger partial charge in [0.05, 0.1) is 10.4 Å². The highest BCUT2D eigenvalue weighted by Gasteiger charge is 2.45. The molecule has 3 atom stereocenters. The fraction of sp³-hybridized carbons (Fsp3) is 0.520. The van der Waals surface area contributed by atoms with Crippen LogP contribution in [0, 0.1) is 6.92 Å². The molecule has 2 aliphatic heterocycles. The second kappa shape index (κ2) is 9.16. The van der Waals surface area contributed by atoms with Gasteiger partial charge >= 0.3 is 6.09 Å². The first-order chi connectivity index (χ1) is 17.4. The van der Waals surface area contributed by atoms with Gasteiger partial charge in [0.25, 0.3) is 0 Å². The van der Waals surface area contributed by atoms with Crippen LogP contribution in [0.3, 0.4) is 0 Å². The van der Waals surface area contributed by atoms with Gasteiger partial charge in [-0.3, -0.25) is 10.1 Å². The molecule has 2 fully saturated rings. The molecule has 3 N–H and O–H groups in total. The summed E-state index contributed by atoms with van der Waals surface area (Å²) in [4.78, 5) is 24.1. The summed E-state index contributed by atoms with van der Waals surface area (Å²) in [5, 5.41) is 14.5. The van der Waals surface area contributed by atoms with Crippen molar-refractivity contribution >= 4 is 44.3 Å². The molecule has 0 spiro atoms. The van der Waals surface area contributed by atoms with Crippen LogP contribution in [-0.4, -0.2) is 69.6 Å². The van der Waals surface area contributed by atoms with E-state index in [1.54, 1.807) is 12.1 Å². The van der Waals surface area contributed by atoms with Crippen LogP contribution in [-0.2, 0) is 14.6 Å². The van der Waals surface area contributed by atoms with E-state index in [1.807, 2.05) is 38.7 Å². The van der Waals surface area contributed by atoms with Crippen molar-refractivity contribution in [3.05, 3.63) is 30.1 Å². The molecule has 198 valence electrons. The smallest absolute Gasteiger partial charge is 0.410 e. The third-order valence-electron chi connectivity index (χ3n) is 6.72. The second-order valence-electron chi connectivity index (χ2n) is 11.0. The molecule has 1 amide bonds. The van der Waals surface area contributed by atoms with Gasteiger partial charge in [-0.05, 0) is 59.4 Å². The lowest BCUT2D eigenvalue weighted by Crippen LogP contribution is -2.51. The topological polar surface area (TPSA) is 142 Å². The molecule has 37 heavy (non-hydrogen) atoms. The SMILES string of the molecule is Cc1cc(Nc2cc3ncc(S(C)(=O)=O)cc3c(NC3C[C@H]4CC[C@@H](C3)N4C(=O)OC(C)(C)C)n2)n[nH]1. The van der Waals surface area contributed by atoms with Crippen molar-refractivity contribution in [1.29, 1.82) is 0 Å². The van der Waals surface area contributed by atoms with Crippen molar-refractivity contribution in [2.24, 2.45) is 0 Å². The van der Waals surface area contributed by atoms with E-state index < -0.39 is 15.4 Å². The second-order valence-corrected chi connectivity index (χ2v) is 13.0. The van der Waals surface area contributed by atoms with Crippen LogP contribution in [0.4, 0.5) is 22.2 Å². The quantitative estimate of drug-likeness (QED) is 0.446. The summed E-state index contributed by atoms with van der Waals surface area (Å²) < 4.78 is 30.1. The third-order valence-corrected chi connectivity index (χ3v) is 7.80. The van der Waals surface area contributed by atoms with Crippen LogP contribution in [0.25, 0.3) is 10.9 Å². The molecule has 2 saturated heterocycles. The zero-order valence-corrected chi connectivity index (χ0v) is 22.5. The monoisotopic (exact) mass is 527 g/mol. The molecule has 0 aliphatic carbocycles. The normalized spacial score (nSPS) is 21.8. The van der Waals surface area contributed by atoms with Crippen LogP contribution in [0.5, 0.6) is 0 Å². The summed E-state index contributed by atoms with van der Waals surface area (Å²) in [5.74, 6) is 1.70. The molecular formula is C25H33N7O4S. The Morgan fingerprint density at radius 2 is 1.84 bits per heavy atom. The van der Waals surface area contributed by atoms with E-state index in [0.29, 0.717) is 28.4 Å². The predicted molar refractivity (Wildman–Crippen MR) is 141 cm³/mol. The first kappa shape index (κ1) is 25.2. The number of H-pyrrole nitrogens is 1. The average molecular weight is 528 g/mol. The largest absolute Gasteiger partial charge is 0.444 e. The maximum atomic E-state index is 12.9. The van der Waals surface area contributed by atoms with E-state index in [2.05, 4.69) is 25.8 Å². The number of amides is 1. The van der Waals surface area contributed by atoms with E-state index >= 15 is 0 Å². The molecule has 3 aromatic heterocycles. The van der Waals surface area contributed by atoms with Crippen molar-refractivity contribution in [2.75, 3.05) is 16.9 Å². The summed E-state index contributed by atoms with van der Waals surface area (Å²) >= 11 is 0. The average Bonchev–Trinajstić information content (AvgIpc) is 3.31. The van der Waals surface area contributed by atoms with Crippen LogP contribution < -0.4 is 10.6 Å². The van der Waals surface area contributed by atoms with Crippen molar-refractivity contribution < 1.29 is 17.9 Å². The zero-order valence-electron chi connectivity index (χ0n) is 21.7. The number of aromatic amines is 1. The minimum absolute atomic E-state index is 0.0525. The van der Waals surface area contributed by atoms with Gasteiger partial charge in [0.1, 0.15) is 17.2 Å². The maximum Gasteiger partial charge on any atom is 0.410 e. The van der Waals surface area contributed by atoms with Crippen molar-refractivity contribution in [2.45, 2.75) is 82.0 Å². The highest BCUT2D eigenvalue weighted by Crippen LogP contribution is 2.38. The number of sulfone groups is 1. The Bertz CT molecular complexity index is 1430. The van der Waals surface area contributed by atoms with Crippen LogP contribution in [0.2, 0.25) is 0 Å². The Hall–Kier alpha value is -3.41. The van der Waals surface area contributed by atoms with Gasteiger partial charge in [-0.15, -0.1) is 0 Å². The Kier molecular flexibility index (Phi) is 6.25. The van der Waals surface area contributed by atoms with Crippen LogP contribution >= 0.6 is 0 Å². The molecule has 1 unspecified atom stereocenters. The summed E-state index contributed by atoms with van der Waals surface area (Å²) in [7, 11) is -3.45. The van der Waals surface area contributed by atoms with Crippen molar-refractivity contribution in [3.63, 3.8) is 0 Å². The lowest BCUT2D eigenvalue weighted by Gasteiger charge is -2.39. The molecular weight excluding hydrogens is 494 g/mol. The zero-order chi connectivity index (χ0) is 26.5. The van der Waals surface area contributed by atoms with Crippen molar-refractivity contribution in [1.82, 2.24) is 25.1 Å². The molecule has 0 radical (unpaired) electrons. The van der Waals surface area contributed by atoms with Gasteiger partial charge in [0.2, 0.25) is 0 Å². The summed E-state index contributed by atoms with van der Waals surface area (Å²) in [6.45, 7) is 7.54. The van der Waals surface area contributed by atoms with Gasteiger partial charge in [0, 0.05) is 53.8 Å². The number of carbonyl (C=O) groups excluding carboxylic acids is 1. The van der Waals surface area contributed by atoms with E-state index in [0.717, 1.165) is 37.6 Å². The Balaban J connectivity index is 1.44. The minimum atomic E-state index is -3.45. The van der Waals surface area contributed by atoms with Gasteiger partial charge in [-0.25, -0.2) is 18.2 Å². The molecule has 0 saturated carbocycles. The number of hydrogen-bond acceptors (Lipinski definition) is 9. The molecule has 5 rings (SSSR count). The molecule has 12 heteroatoms. The number of aromatic nitrogens is 4. The van der Waals surface area contributed by atoms with E-state index in [-0.39, 0.29) is 29.1 Å². The summed E-state index contributed by atoms with van der Waals surface area (Å²) in [6, 6.07) is 5.46. The number of aryl methyl sites for hydroxylation is 1. The lowest BCUT2D eigenvalue weighted by molar-refractivity contribution is 0.00683. The summed E-state index contributed by atoms with van der Waals surface area (Å²) in [5.41, 5.74) is 0.970. The number of anilines is 3. The van der Waals surface area contributed by atoms with Crippen molar-refractivity contribution in [3.8, 4) is 0 Å². The number of piperidine rings is 1. The summed E-state index contributed by atoms with van der Waals surface area (Å²) in [6.07, 6.45) is 5.61. The molecule has 3 aromatic rings. The Morgan fingerprint density at radius 1 is 1.14 bits per heavy atom. The molecule has 11 nitrogen and oxygen atoms in total. The van der Waals surface area contributed by atoms with Crippen LogP contribution in [0.15, 0.2) is 29.3 Å². The first-order valence-corrected chi connectivity index (χ1v) is 14.3. The Labute approximate surface area is 216 Å². The van der Waals surface area contributed by atoms with E-state index in [9.17, 15) is 13.2 Å². The van der Waals surface area contributed by atoms with Gasteiger partial charge in [-0.1, -0.05) is 0 Å². The standard InChI is InChI=1S/C25H33N7O4S/c1-14-8-22(31-30-14)28-21-12-20-19(11-18(13-26-20)37(5,34)35)23(29-21)27-15-9-16-6-7-17(10-15)32(16)24(33)36-25(2,3)4/h8,11-13,15-17H,6-7,9-10H2,1-5H3,(H3,27,28,29,30,31)/t15?,16-,17+. The van der Waals surface area contributed by atoms with Gasteiger partial charge in [-0.2, -0.15) is 5.10 Å². The fourth-order valence-corrected chi connectivity index (χ4v) is 5.77. The Morgan fingerprint density at radius 3 is 2.43 bits per heavy atom. The number of carbonyl (C=O) groups is 1. The number of hydrogen-bond donors (Lipinski definition) is 3. The number of pyridine rings is 2. The lowest BCUT2D eigenvalue weighted by atomic mass is 9.97. The highest BCUT2D eigenvalue weighted by atomic mass is 32.2. The molecule has 2 bridgehead atoms. The third kappa shape index (κ3) is 5.48. The van der Waals surface area contributed by atoms with Crippen LogP contribution in [0.1, 0.15) is 52.1 Å².